The molecule has 0 aliphatic carbocycles. The first kappa shape index (κ1) is 15.5. The molecule has 1 aromatic heterocycles. The van der Waals surface area contributed by atoms with E-state index in [0.29, 0.717) is 5.69 Å². The smallest absolute Gasteiger partial charge is 0.359 e. The number of hydrogen-bond acceptors (Lipinski definition) is 5. The fourth-order valence-corrected chi connectivity index (χ4v) is 1.47. The first-order valence-corrected chi connectivity index (χ1v) is 6.16. The quantitative estimate of drug-likeness (QED) is 0.872. The van der Waals surface area contributed by atoms with Gasteiger partial charge in [-0.3, -0.25) is 9.78 Å². The number of carbonyl (C=O) groups excluding carboxylic acids is 2. The van der Waals surface area contributed by atoms with Crippen molar-refractivity contribution in [1.82, 2.24) is 9.97 Å². The zero-order valence-electron chi connectivity index (χ0n) is 11.5. The van der Waals surface area contributed by atoms with Gasteiger partial charge in [-0.25, -0.2) is 18.6 Å². The maximum Gasteiger partial charge on any atom is 0.359 e. The average molecular weight is 307 g/mol. The number of ether oxygens (including phenoxy) is 1. The lowest BCUT2D eigenvalue weighted by atomic mass is 10.3. The number of carbonyl (C=O) groups is 2. The molecule has 0 saturated carbocycles. The van der Waals surface area contributed by atoms with E-state index in [1.54, 1.807) is 6.92 Å². The second kappa shape index (κ2) is 6.70. The second-order valence-corrected chi connectivity index (χ2v) is 4.30. The summed E-state index contributed by atoms with van der Waals surface area (Å²) in [5, 5.41) is 2.27. The number of aryl methyl sites for hydroxylation is 1. The van der Waals surface area contributed by atoms with E-state index in [9.17, 15) is 18.4 Å². The van der Waals surface area contributed by atoms with Crippen molar-refractivity contribution in [3.8, 4) is 0 Å². The van der Waals surface area contributed by atoms with Crippen LogP contribution in [0.5, 0.6) is 0 Å². The lowest BCUT2D eigenvalue weighted by Crippen LogP contribution is -2.21. The van der Waals surface area contributed by atoms with E-state index in [4.69, 9.17) is 4.74 Å². The predicted molar refractivity (Wildman–Crippen MR) is 72.0 cm³/mol. The predicted octanol–water partition coefficient (Wildman–Crippen LogP) is 1.86. The normalized spacial score (nSPS) is 10.1. The molecule has 1 amide bonds. The van der Waals surface area contributed by atoms with E-state index >= 15 is 0 Å². The van der Waals surface area contributed by atoms with Crippen LogP contribution >= 0.6 is 0 Å². The molecule has 0 aliphatic heterocycles. The fourth-order valence-electron chi connectivity index (χ4n) is 1.47. The Morgan fingerprint density at radius 1 is 1.18 bits per heavy atom. The van der Waals surface area contributed by atoms with Crippen molar-refractivity contribution in [3.63, 3.8) is 0 Å². The molecule has 0 saturated heterocycles. The van der Waals surface area contributed by atoms with Gasteiger partial charge in [-0.15, -0.1) is 0 Å². The Hall–Kier alpha value is -2.90. The molecule has 6 nitrogen and oxygen atoms in total. The van der Waals surface area contributed by atoms with Crippen LogP contribution in [0.2, 0.25) is 0 Å². The van der Waals surface area contributed by atoms with Crippen LogP contribution in [-0.2, 0) is 9.53 Å². The van der Waals surface area contributed by atoms with Crippen molar-refractivity contribution < 1.29 is 23.1 Å². The van der Waals surface area contributed by atoms with Gasteiger partial charge in [0.2, 0.25) is 0 Å². The number of nitrogens with zero attached hydrogens (tertiary/aromatic N) is 2. The van der Waals surface area contributed by atoms with Crippen LogP contribution in [0.15, 0.2) is 30.6 Å². The van der Waals surface area contributed by atoms with Gasteiger partial charge in [0.25, 0.3) is 5.91 Å². The highest BCUT2D eigenvalue weighted by Crippen LogP contribution is 2.12. The molecule has 1 aromatic carbocycles. The van der Waals surface area contributed by atoms with E-state index in [1.807, 2.05) is 0 Å². The first-order valence-electron chi connectivity index (χ1n) is 6.16. The van der Waals surface area contributed by atoms with Crippen molar-refractivity contribution in [1.29, 1.82) is 0 Å². The molecule has 2 rings (SSSR count). The molecule has 8 heteroatoms. The lowest BCUT2D eigenvalue weighted by molar-refractivity contribution is -0.119. The van der Waals surface area contributed by atoms with Gasteiger partial charge in [-0.2, -0.15) is 0 Å². The molecule has 0 atom stereocenters. The molecule has 0 aliphatic rings. The van der Waals surface area contributed by atoms with Crippen molar-refractivity contribution in [2.24, 2.45) is 0 Å². The Kier molecular flexibility index (Phi) is 4.72. The number of hydrogen-bond donors (Lipinski definition) is 1. The van der Waals surface area contributed by atoms with Gasteiger partial charge in [0.1, 0.15) is 0 Å². The zero-order chi connectivity index (χ0) is 16.1. The van der Waals surface area contributed by atoms with Gasteiger partial charge in [0, 0.05) is 18.0 Å². The third-order valence-electron chi connectivity index (χ3n) is 2.53. The second-order valence-electron chi connectivity index (χ2n) is 4.30. The van der Waals surface area contributed by atoms with Crippen LogP contribution in [0.1, 0.15) is 16.2 Å². The van der Waals surface area contributed by atoms with Crippen LogP contribution in [0.4, 0.5) is 14.5 Å². The highest BCUT2D eigenvalue weighted by molar-refractivity contribution is 5.94. The number of esters is 1. The average Bonchev–Trinajstić information content (AvgIpc) is 2.49. The summed E-state index contributed by atoms with van der Waals surface area (Å²) in [6, 6.07) is 2.88. The first-order chi connectivity index (χ1) is 10.5. The fraction of sp³-hybridized carbons (Fsp3) is 0.143. The minimum absolute atomic E-state index is 0.0359. The maximum atomic E-state index is 13.0. The Morgan fingerprint density at radius 3 is 2.59 bits per heavy atom. The maximum absolute atomic E-state index is 13.0. The Labute approximate surface area is 124 Å². The SMILES string of the molecule is Cc1cnc(C(=O)OCC(=O)Nc2ccc(F)c(F)c2)cn1. The number of halogens is 2. The largest absolute Gasteiger partial charge is 0.451 e. The number of nitrogens with one attached hydrogen (secondary N) is 1. The lowest BCUT2D eigenvalue weighted by Gasteiger charge is -2.06. The number of rotatable bonds is 4. The van der Waals surface area contributed by atoms with Gasteiger partial charge < -0.3 is 10.1 Å². The topological polar surface area (TPSA) is 81.2 Å². The summed E-state index contributed by atoms with van der Waals surface area (Å²) in [6.07, 6.45) is 2.61. The molecule has 0 radical (unpaired) electrons. The number of benzene rings is 1. The summed E-state index contributed by atoms with van der Waals surface area (Å²) in [5.41, 5.74) is 0.647. The molecule has 0 unspecified atom stereocenters. The standard InChI is InChI=1S/C14H11F2N3O3/c1-8-5-18-12(6-17-8)14(21)22-7-13(20)19-9-2-3-10(15)11(16)4-9/h2-6H,7H2,1H3,(H,19,20). The van der Waals surface area contributed by atoms with Gasteiger partial charge in [-0.05, 0) is 19.1 Å². The summed E-state index contributed by atoms with van der Waals surface area (Å²) >= 11 is 0. The van der Waals surface area contributed by atoms with E-state index < -0.39 is 30.1 Å². The van der Waals surface area contributed by atoms with E-state index in [1.165, 1.54) is 18.5 Å². The molecule has 0 bridgehead atoms. The Bertz CT molecular complexity index is 705. The van der Waals surface area contributed by atoms with Crippen LogP contribution in [0.3, 0.4) is 0 Å². The monoisotopic (exact) mass is 307 g/mol. The van der Waals surface area contributed by atoms with Gasteiger partial charge in [0.05, 0.1) is 11.9 Å². The van der Waals surface area contributed by atoms with Crippen molar-refractivity contribution in [2.45, 2.75) is 6.92 Å². The third kappa shape index (κ3) is 4.05. The summed E-state index contributed by atoms with van der Waals surface area (Å²) < 4.78 is 30.4. The molecule has 1 N–H and O–H groups in total. The number of amides is 1. The highest BCUT2D eigenvalue weighted by atomic mass is 19.2. The molecule has 1 heterocycles. The molecular weight excluding hydrogens is 296 g/mol. The molecule has 114 valence electrons. The van der Waals surface area contributed by atoms with Gasteiger partial charge >= 0.3 is 5.97 Å². The molecular formula is C14H11F2N3O3. The summed E-state index contributed by atoms with van der Waals surface area (Å²) in [5.74, 6) is -3.63. The van der Waals surface area contributed by atoms with Crippen LogP contribution in [0.25, 0.3) is 0 Å². The van der Waals surface area contributed by atoms with Gasteiger partial charge in [-0.1, -0.05) is 0 Å². The summed E-state index contributed by atoms with van der Waals surface area (Å²) in [6.45, 7) is 1.12. The van der Waals surface area contributed by atoms with Crippen LogP contribution in [0, 0.1) is 18.6 Å². The molecule has 0 fully saturated rings. The van der Waals surface area contributed by atoms with E-state index in [2.05, 4.69) is 15.3 Å². The van der Waals surface area contributed by atoms with Crippen molar-refractivity contribution in [3.05, 3.63) is 53.6 Å². The molecule has 22 heavy (non-hydrogen) atoms. The molecule has 0 spiro atoms. The van der Waals surface area contributed by atoms with Gasteiger partial charge in [0.15, 0.2) is 23.9 Å². The third-order valence-corrected chi connectivity index (χ3v) is 2.53. The van der Waals surface area contributed by atoms with Crippen molar-refractivity contribution in [2.75, 3.05) is 11.9 Å². The Balaban J connectivity index is 1.88. The minimum Gasteiger partial charge on any atom is -0.451 e. The minimum atomic E-state index is -1.09. The molecule has 2 aromatic rings. The number of aromatic nitrogens is 2. The van der Waals surface area contributed by atoms with E-state index in [-0.39, 0.29) is 11.4 Å². The van der Waals surface area contributed by atoms with Crippen LogP contribution < -0.4 is 5.32 Å². The van der Waals surface area contributed by atoms with E-state index in [0.717, 1.165) is 12.1 Å². The summed E-state index contributed by atoms with van der Waals surface area (Å²) in [4.78, 5) is 30.8. The van der Waals surface area contributed by atoms with Crippen molar-refractivity contribution >= 4 is 17.6 Å². The Morgan fingerprint density at radius 2 is 1.95 bits per heavy atom. The van der Waals surface area contributed by atoms with Crippen LogP contribution in [-0.4, -0.2) is 28.5 Å². The number of anilines is 1. The zero-order valence-corrected chi connectivity index (χ0v) is 11.5. The summed E-state index contributed by atoms with van der Waals surface area (Å²) in [7, 11) is 0. The highest BCUT2D eigenvalue weighted by Gasteiger charge is 2.12.